The summed E-state index contributed by atoms with van der Waals surface area (Å²) in [7, 11) is 0. The fraction of sp³-hybridized carbons (Fsp3) is 0.977. The maximum atomic E-state index is 11.7. The van der Waals surface area contributed by atoms with Crippen molar-refractivity contribution in [3.8, 4) is 0 Å². The Balaban J connectivity index is 1.48. The van der Waals surface area contributed by atoms with Crippen LogP contribution in [0.25, 0.3) is 0 Å². The third-order valence-electron chi connectivity index (χ3n) is 11.2. The minimum atomic E-state index is -1.70. The molecule has 7 N–H and O–H groups in total. The molecule has 0 bridgehead atoms. The highest BCUT2D eigenvalue weighted by atomic mass is 16.7. The zero-order chi connectivity index (χ0) is 41.7. The predicted octanol–water partition coefficient (Wildman–Crippen LogP) is 4.96. The second-order valence-corrected chi connectivity index (χ2v) is 16.3. The van der Waals surface area contributed by atoms with Crippen LogP contribution in [0.5, 0.6) is 0 Å². The summed E-state index contributed by atoms with van der Waals surface area (Å²) >= 11 is 0. The van der Waals surface area contributed by atoms with E-state index in [1.807, 2.05) is 0 Å². The fourth-order valence-electron chi connectivity index (χ4n) is 7.52. The van der Waals surface area contributed by atoms with Gasteiger partial charge in [0.25, 0.3) is 0 Å². The average Bonchev–Trinajstić information content (AvgIpc) is 3.20. The molecule has 2 heterocycles. The lowest BCUT2D eigenvalue weighted by Crippen LogP contribution is -2.61. The van der Waals surface area contributed by atoms with Gasteiger partial charge in [-0.2, -0.15) is 0 Å². The number of unbranched alkanes of at least 4 members (excludes halogenated alkanes) is 23. The van der Waals surface area contributed by atoms with Crippen LogP contribution in [0.4, 0.5) is 0 Å². The number of carbonyl (C=O) groups is 1. The van der Waals surface area contributed by atoms with Crippen molar-refractivity contribution in [2.75, 3.05) is 33.0 Å². The minimum absolute atomic E-state index is 0.0522. The zero-order valence-electron chi connectivity index (χ0n) is 35.3. The maximum absolute atomic E-state index is 11.7. The molecule has 0 aliphatic carbocycles. The molecule has 0 radical (unpaired) electrons. The molecule has 14 heteroatoms. The van der Waals surface area contributed by atoms with Gasteiger partial charge >= 0.3 is 5.97 Å². The first-order chi connectivity index (χ1) is 27.6. The fourth-order valence-corrected chi connectivity index (χ4v) is 7.52. The molecule has 11 atom stereocenters. The summed E-state index contributed by atoms with van der Waals surface area (Å²) in [5.74, 6) is -0.548. The van der Waals surface area contributed by atoms with Gasteiger partial charge in [-0.1, -0.05) is 155 Å². The van der Waals surface area contributed by atoms with Gasteiger partial charge in [-0.15, -0.1) is 0 Å². The molecular weight excluding hydrogens is 740 g/mol. The third-order valence-corrected chi connectivity index (χ3v) is 11.2. The van der Waals surface area contributed by atoms with E-state index in [1.165, 1.54) is 142 Å². The van der Waals surface area contributed by atoms with E-state index in [1.54, 1.807) is 0 Å². The van der Waals surface area contributed by atoms with Gasteiger partial charge in [0.2, 0.25) is 0 Å². The second kappa shape index (κ2) is 32.7. The summed E-state index contributed by atoms with van der Waals surface area (Å²) < 4.78 is 33.1. The number of hydrogen-bond donors (Lipinski definition) is 7. The van der Waals surface area contributed by atoms with Gasteiger partial charge in [0.1, 0.15) is 54.9 Å². The Hall–Kier alpha value is -1.01. The van der Waals surface area contributed by atoms with Gasteiger partial charge < -0.3 is 64.2 Å². The molecule has 0 amide bonds. The number of aliphatic hydroxyl groups is 7. The molecule has 2 aliphatic rings. The van der Waals surface area contributed by atoms with Crippen molar-refractivity contribution in [1.82, 2.24) is 0 Å². The zero-order valence-corrected chi connectivity index (χ0v) is 35.3. The lowest BCUT2D eigenvalue weighted by atomic mass is 9.98. The first kappa shape index (κ1) is 52.1. The summed E-state index contributed by atoms with van der Waals surface area (Å²) in [6.07, 6.45) is 15.9. The highest BCUT2D eigenvalue weighted by molar-refractivity contribution is 5.66. The smallest absolute Gasteiger partial charge is 0.303 e. The molecule has 2 saturated heterocycles. The molecule has 11 unspecified atom stereocenters. The quantitative estimate of drug-likeness (QED) is 0.0333. The Bertz CT molecular complexity index is 959. The van der Waals surface area contributed by atoms with Crippen molar-refractivity contribution in [3.63, 3.8) is 0 Å². The van der Waals surface area contributed by atoms with Crippen molar-refractivity contribution in [1.29, 1.82) is 0 Å². The van der Waals surface area contributed by atoms with E-state index in [-0.39, 0.29) is 13.2 Å². The lowest BCUT2D eigenvalue weighted by molar-refractivity contribution is -0.332. The summed E-state index contributed by atoms with van der Waals surface area (Å²) in [4.78, 5) is 11.7. The van der Waals surface area contributed by atoms with Crippen LogP contribution in [-0.2, 0) is 33.2 Å². The van der Waals surface area contributed by atoms with E-state index in [0.29, 0.717) is 6.61 Å². The van der Waals surface area contributed by atoms with Crippen LogP contribution in [0.3, 0.4) is 0 Å². The van der Waals surface area contributed by atoms with Crippen molar-refractivity contribution in [3.05, 3.63) is 0 Å². The van der Waals surface area contributed by atoms with Gasteiger partial charge in [0, 0.05) is 13.5 Å². The highest BCUT2D eigenvalue weighted by Gasteiger charge is 2.47. The van der Waals surface area contributed by atoms with Gasteiger partial charge in [0.05, 0.1) is 26.4 Å². The van der Waals surface area contributed by atoms with E-state index >= 15 is 0 Å². The molecule has 2 fully saturated rings. The molecule has 0 saturated carbocycles. The van der Waals surface area contributed by atoms with Crippen molar-refractivity contribution < 1.29 is 69.0 Å². The largest absolute Gasteiger partial charge is 0.458 e. The molecule has 0 aromatic rings. The molecule has 0 spiro atoms. The van der Waals surface area contributed by atoms with Crippen molar-refractivity contribution >= 4 is 5.97 Å². The number of rotatable bonds is 35. The van der Waals surface area contributed by atoms with Gasteiger partial charge in [-0.25, -0.2) is 0 Å². The van der Waals surface area contributed by atoms with Crippen LogP contribution >= 0.6 is 0 Å². The van der Waals surface area contributed by atoms with Crippen LogP contribution < -0.4 is 0 Å². The normalized spacial score (nSPS) is 28.4. The molecular formula is C43H82O14. The van der Waals surface area contributed by atoms with Gasteiger partial charge in [-0.05, 0) is 6.42 Å². The standard InChI is InChI=1S/C43H82O14/c1-3-4-5-6-7-8-9-10-11-12-13-14-15-16-17-18-19-20-21-22-23-24-25-26-27-52-29-33(55-32(2)45)30-53-42-41(51)39(49)37(47)35(57-42)31-54-43-40(50)38(48)36(46)34(28-44)56-43/h33-44,46-51H,3-31H2,1-2H3. The minimum Gasteiger partial charge on any atom is -0.458 e. The van der Waals surface area contributed by atoms with Crippen LogP contribution in [0.2, 0.25) is 0 Å². The van der Waals surface area contributed by atoms with Crippen molar-refractivity contribution in [2.45, 2.75) is 235 Å². The number of aliphatic hydroxyl groups excluding tert-OH is 7. The lowest BCUT2D eigenvalue weighted by Gasteiger charge is -2.42. The average molecular weight is 823 g/mol. The van der Waals surface area contributed by atoms with Crippen LogP contribution in [-0.4, -0.2) is 142 Å². The van der Waals surface area contributed by atoms with Gasteiger partial charge in [0.15, 0.2) is 12.6 Å². The Kier molecular flexibility index (Phi) is 29.9. The van der Waals surface area contributed by atoms with Crippen LogP contribution in [0.1, 0.15) is 168 Å². The summed E-state index contributed by atoms with van der Waals surface area (Å²) in [5, 5.41) is 71.0. The Morgan fingerprint density at radius 2 is 0.895 bits per heavy atom. The maximum Gasteiger partial charge on any atom is 0.303 e. The summed E-state index contributed by atoms with van der Waals surface area (Å²) in [6, 6.07) is 0. The molecule has 2 aliphatic heterocycles. The molecule has 0 aromatic carbocycles. The SMILES string of the molecule is CCCCCCCCCCCCCCCCCCCCCCCCCCOCC(COC1OC(COC2OC(CO)C(O)C(O)C2O)C(O)C(O)C1O)OC(C)=O. The molecule has 14 nitrogen and oxygen atoms in total. The highest BCUT2D eigenvalue weighted by Crippen LogP contribution is 2.26. The summed E-state index contributed by atoms with van der Waals surface area (Å²) in [5.41, 5.74) is 0. The number of esters is 1. The number of carbonyl (C=O) groups excluding carboxylic acids is 1. The Labute approximate surface area is 342 Å². The second-order valence-electron chi connectivity index (χ2n) is 16.3. The molecule has 338 valence electrons. The number of ether oxygens (including phenoxy) is 6. The Morgan fingerprint density at radius 1 is 0.509 bits per heavy atom. The van der Waals surface area contributed by atoms with E-state index < -0.39 is 86.7 Å². The van der Waals surface area contributed by atoms with Crippen LogP contribution in [0, 0.1) is 0 Å². The monoisotopic (exact) mass is 823 g/mol. The van der Waals surface area contributed by atoms with E-state index in [4.69, 9.17) is 28.4 Å². The number of hydrogen-bond acceptors (Lipinski definition) is 14. The van der Waals surface area contributed by atoms with E-state index in [9.17, 15) is 40.5 Å². The van der Waals surface area contributed by atoms with Crippen LogP contribution in [0.15, 0.2) is 0 Å². The van der Waals surface area contributed by atoms with E-state index in [2.05, 4.69) is 6.92 Å². The molecule has 0 aromatic heterocycles. The van der Waals surface area contributed by atoms with Crippen molar-refractivity contribution in [2.24, 2.45) is 0 Å². The summed E-state index contributed by atoms with van der Waals surface area (Å²) in [6.45, 7) is 2.71. The van der Waals surface area contributed by atoms with E-state index in [0.717, 1.165) is 19.3 Å². The predicted molar refractivity (Wildman–Crippen MR) is 215 cm³/mol. The molecule has 57 heavy (non-hydrogen) atoms. The van der Waals surface area contributed by atoms with Gasteiger partial charge in [-0.3, -0.25) is 4.79 Å². The first-order valence-corrected chi connectivity index (χ1v) is 22.6. The molecule has 2 rings (SSSR count). The first-order valence-electron chi connectivity index (χ1n) is 22.6. The Morgan fingerprint density at radius 3 is 1.32 bits per heavy atom. The topological polar surface area (TPSA) is 214 Å². The third kappa shape index (κ3) is 22.4.